The minimum atomic E-state index is -0.157. The number of hydrogen-bond donors (Lipinski definition) is 0. The second-order valence-corrected chi connectivity index (χ2v) is 9.22. The third-order valence-electron chi connectivity index (χ3n) is 5.96. The van der Waals surface area contributed by atoms with Crippen LogP contribution in [0.15, 0.2) is 62.9 Å². The Hall–Kier alpha value is -2.99. The Bertz CT molecular complexity index is 1380. The highest BCUT2D eigenvalue weighted by Gasteiger charge is 2.16. The van der Waals surface area contributed by atoms with E-state index in [-0.39, 0.29) is 11.5 Å². The molecule has 0 saturated carbocycles. The van der Waals surface area contributed by atoms with Crippen LogP contribution in [0.4, 0.5) is 0 Å². The summed E-state index contributed by atoms with van der Waals surface area (Å²) in [5, 5.41) is 5.19. The fraction of sp³-hybridized carbons (Fsp3) is 0.269. The lowest BCUT2D eigenvalue weighted by Gasteiger charge is -2.14. The van der Waals surface area contributed by atoms with Crippen molar-refractivity contribution in [2.75, 3.05) is 0 Å². The van der Waals surface area contributed by atoms with E-state index in [2.05, 4.69) is 90.5 Å². The summed E-state index contributed by atoms with van der Waals surface area (Å²) >= 11 is 3.46. The van der Waals surface area contributed by atoms with E-state index >= 15 is 0 Å². The highest BCUT2D eigenvalue weighted by molar-refractivity contribution is 9.10. The summed E-state index contributed by atoms with van der Waals surface area (Å²) in [5.74, 6) is 0.781. The number of halogens is 1. The van der Waals surface area contributed by atoms with Crippen LogP contribution < -0.4 is 5.56 Å². The van der Waals surface area contributed by atoms with E-state index in [4.69, 9.17) is 4.98 Å². The first-order valence-corrected chi connectivity index (χ1v) is 11.6. The summed E-state index contributed by atoms with van der Waals surface area (Å²) in [7, 11) is 0. The standard InChI is InChI=1S/C26H27BrN4O/c1-6-17(3)25-29-24-12-9-21(27)14-23(24)26(32)31(25)28-15-20-13-18(4)30(19(20)5)22-10-7-16(2)8-11-22/h7-15,17H,6H2,1-5H3/t17-/m0/s1. The Balaban J connectivity index is 1.84. The predicted octanol–water partition coefficient (Wildman–Crippen LogP) is 6.27. The first kappa shape index (κ1) is 22.2. The van der Waals surface area contributed by atoms with Gasteiger partial charge >= 0.3 is 0 Å². The Morgan fingerprint density at radius 1 is 1.09 bits per heavy atom. The van der Waals surface area contributed by atoms with E-state index in [0.717, 1.165) is 33.5 Å². The number of fused-ring (bicyclic) bond motifs is 1. The second kappa shape index (κ2) is 8.87. The first-order chi connectivity index (χ1) is 15.3. The molecule has 4 aromatic rings. The van der Waals surface area contributed by atoms with E-state index in [0.29, 0.717) is 16.7 Å². The van der Waals surface area contributed by atoms with Crippen molar-refractivity contribution < 1.29 is 0 Å². The third kappa shape index (κ3) is 4.07. The van der Waals surface area contributed by atoms with Crippen LogP contribution in [0.2, 0.25) is 0 Å². The van der Waals surface area contributed by atoms with Crippen LogP contribution in [0.5, 0.6) is 0 Å². The molecule has 0 fully saturated rings. The van der Waals surface area contributed by atoms with E-state index in [1.807, 2.05) is 12.1 Å². The Labute approximate surface area is 196 Å². The van der Waals surface area contributed by atoms with Gasteiger partial charge in [-0.15, -0.1) is 0 Å². The molecule has 0 aliphatic carbocycles. The molecule has 4 rings (SSSR count). The number of rotatable bonds is 5. The van der Waals surface area contributed by atoms with E-state index in [9.17, 15) is 4.79 Å². The zero-order chi connectivity index (χ0) is 23.0. The van der Waals surface area contributed by atoms with Crippen molar-refractivity contribution in [1.82, 2.24) is 14.2 Å². The van der Waals surface area contributed by atoms with Gasteiger partial charge in [0.2, 0.25) is 0 Å². The van der Waals surface area contributed by atoms with Gasteiger partial charge in [-0.3, -0.25) is 4.79 Å². The van der Waals surface area contributed by atoms with Gasteiger partial charge in [0.1, 0.15) is 5.82 Å². The van der Waals surface area contributed by atoms with Crippen molar-refractivity contribution >= 4 is 33.0 Å². The van der Waals surface area contributed by atoms with Gasteiger partial charge in [-0.25, -0.2) is 4.98 Å². The monoisotopic (exact) mass is 490 g/mol. The predicted molar refractivity (Wildman–Crippen MR) is 135 cm³/mol. The van der Waals surface area contributed by atoms with Crippen LogP contribution in [-0.2, 0) is 0 Å². The molecule has 6 heteroatoms. The minimum absolute atomic E-state index is 0.105. The van der Waals surface area contributed by atoms with Crippen LogP contribution in [0, 0.1) is 20.8 Å². The molecule has 0 unspecified atom stereocenters. The van der Waals surface area contributed by atoms with Crippen molar-refractivity contribution in [3.8, 4) is 5.69 Å². The van der Waals surface area contributed by atoms with Gasteiger partial charge in [0.15, 0.2) is 0 Å². The third-order valence-corrected chi connectivity index (χ3v) is 6.45. The summed E-state index contributed by atoms with van der Waals surface area (Å²) in [6.07, 6.45) is 2.64. The topological polar surface area (TPSA) is 52.2 Å². The van der Waals surface area contributed by atoms with Crippen molar-refractivity contribution in [3.63, 3.8) is 0 Å². The molecular formula is C26H27BrN4O. The fourth-order valence-corrected chi connectivity index (χ4v) is 4.27. The fourth-order valence-electron chi connectivity index (χ4n) is 3.91. The normalized spacial score (nSPS) is 12.7. The van der Waals surface area contributed by atoms with Crippen molar-refractivity contribution in [3.05, 3.63) is 91.7 Å². The second-order valence-electron chi connectivity index (χ2n) is 8.30. The molecule has 2 aromatic heterocycles. The first-order valence-electron chi connectivity index (χ1n) is 10.8. The van der Waals surface area contributed by atoms with E-state index in [1.165, 1.54) is 10.2 Å². The summed E-state index contributed by atoms with van der Waals surface area (Å²) < 4.78 is 4.51. The van der Waals surface area contributed by atoms with Gasteiger partial charge in [0.05, 0.1) is 17.1 Å². The molecule has 5 nitrogen and oxygen atoms in total. The lowest BCUT2D eigenvalue weighted by atomic mass is 10.1. The maximum atomic E-state index is 13.3. The molecule has 32 heavy (non-hydrogen) atoms. The smallest absolute Gasteiger partial charge is 0.282 e. The molecule has 0 aliphatic heterocycles. The zero-order valence-electron chi connectivity index (χ0n) is 19.1. The van der Waals surface area contributed by atoms with Gasteiger partial charge in [-0.2, -0.15) is 9.78 Å². The van der Waals surface area contributed by atoms with Gasteiger partial charge in [-0.1, -0.05) is 47.5 Å². The van der Waals surface area contributed by atoms with Crippen LogP contribution in [-0.4, -0.2) is 20.4 Å². The molecular weight excluding hydrogens is 464 g/mol. The molecule has 0 aliphatic rings. The van der Waals surface area contributed by atoms with Crippen LogP contribution >= 0.6 is 15.9 Å². The average molecular weight is 491 g/mol. The Kier molecular flexibility index (Phi) is 6.15. The van der Waals surface area contributed by atoms with Crippen LogP contribution in [0.25, 0.3) is 16.6 Å². The van der Waals surface area contributed by atoms with Crippen molar-refractivity contribution in [2.45, 2.75) is 47.0 Å². The molecule has 2 heterocycles. The minimum Gasteiger partial charge on any atom is -0.318 e. The molecule has 164 valence electrons. The van der Waals surface area contributed by atoms with Gasteiger partial charge in [-0.05, 0) is 63.6 Å². The molecule has 0 amide bonds. The molecule has 0 radical (unpaired) electrons. The summed E-state index contributed by atoms with van der Waals surface area (Å²) in [4.78, 5) is 18.1. The Morgan fingerprint density at radius 3 is 2.50 bits per heavy atom. The number of hydrogen-bond acceptors (Lipinski definition) is 3. The van der Waals surface area contributed by atoms with E-state index < -0.39 is 0 Å². The van der Waals surface area contributed by atoms with E-state index in [1.54, 1.807) is 12.3 Å². The molecule has 1 atom stereocenters. The highest BCUT2D eigenvalue weighted by Crippen LogP contribution is 2.22. The number of aromatic nitrogens is 3. The summed E-state index contributed by atoms with van der Waals surface area (Å²) in [5.41, 5.74) is 6.03. The molecule has 2 aromatic carbocycles. The average Bonchev–Trinajstić information content (AvgIpc) is 3.06. The summed E-state index contributed by atoms with van der Waals surface area (Å²) in [6.45, 7) is 10.4. The van der Waals surface area contributed by atoms with Crippen molar-refractivity contribution in [1.29, 1.82) is 0 Å². The highest BCUT2D eigenvalue weighted by atomic mass is 79.9. The summed E-state index contributed by atoms with van der Waals surface area (Å²) in [6, 6.07) is 16.1. The van der Waals surface area contributed by atoms with Gasteiger partial charge in [0.25, 0.3) is 5.56 Å². The lowest BCUT2D eigenvalue weighted by Crippen LogP contribution is -2.23. The molecule has 0 bridgehead atoms. The van der Waals surface area contributed by atoms with Gasteiger partial charge in [0, 0.05) is 33.0 Å². The Morgan fingerprint density at radius 2 is 1.81 bits per heavy atom. The van der Waals surface area contributed by atoms with Crippen molar-refractivity contribution in [2.24, 2.45) is 5.10 Å². The number of nitrogens with zero attached hydrogens (tertiary/aromatic N) is 4. The SMILES string of the molecule is CC[C@H](C)c1nc2ccc(Br)cc2c(=O)n1N=Cc1cc(C)n(-c2ccc(C)cc2)c1C. The quantitative estimate of drug-likeness (QED) is 0.309. The van der Waals surface area contributed by atoms with Gasteiger partial charge < -0.3 is 4.57 Å². The molecule has 0 N–H and O–H groups in total. The molecule has 0 spiro atoms. The van der Waals surface area contributed by atoms with Crippen LogP contribution in [0.3, 0.4) is 0 Å². The maximum Gasteiger partial charge on any atom is 0.282 e. The molecule has 0 saturated heterocycles. The largest absolute Gasteiger partial charge is 0.318 e. The number of benzene rings is 2. The zero-order valence-corrected chi connectivity index (χ0v) is 20.6. The maximum absolute atomic E-state index is 13.3. The van der Waals surface area contributed by atoms with Crippen LogP contribution in [0.1, 0.15) is 54.5 Å². The lowest BCUT2D eigenvalue weighted by molar-refractivity contribution is 0.613. The number of aryl methyl sites for hydroxylation is 2.